The SMILES string of the molecule is COCC(C)NC(=O)C(N)c1cccs1. The normalized spacial score (nSPS) is 14.6. The smallest absolute Gasteiger partial charge is 0.242 e. The minimum absolute atomic E-state index is 0.0199. The van der Waals surface area contributed by atoms with Crippen LogP contribution in [0.5, 0.6) is 0 Å². The molecule has 0 bridgehead atoms. The summed E-state index contributed by atoms with van der Waals surface area (Å²) in [6.07, 6.45) is 0. The van der Waals surface area contributed by atoms with Crippen LogP contribution in [0.15, 0.2) is 17.5 Å². The van der Waals surface area contributed by atoms with Crippen LogP contribution in [0.3, 0.4) is 0 Å². The van der Waals surface area contributed by atoms with Crippen molar-refractivity contribution in [1.82, 2.24) is 5.32 Å². The first-order valence-corrected chi connectivity index (χ1v) is 5.61. The number of methoxy groups -OCH3 is 1. The Bertz CT molecular complexity index is 300. The Balaban J connectivity index is 2.47. The Labute approximate surface area is 93.4 Å². The fourth-order valence-electron chi connectivity index (χ4n) is 1.22. The number of ether oxygens (including phenoxy) is 1. The average Bonchev–Trinajstić information content (AvgIpc) is 2.69. The number of rotatable bonds is 5. The zero-order valence-electron chi connectivity index (χ0n) is 8.90. The fraction of sp³-hybridized carbons (Fsp3) is 0.500. The van der Waals surface area contributed by atoms with Crippen molar-refractivity contribution in [2.45, 2.75) is 19.0 Å². The largest absolute Gasteiger partial charge is 0.383 e. The van der Waals surface area contributed by atoms with Gasteiger partial charge < -0.3 is 15.8 Å². The first kappa shape index (κ1) is 12.2. The van der Waals surface area contributed by atoms with Gasteiger partial charge in [0, 0.05) is 18.0 Å². The van der Waals surface area contributed by atoms with Gasteiger partial charge in [0.1, 0.15) is 6.04 Å². The van der Waals surface area contributed by atoms with E-state index in [9.17, 15) is 4.79 Å². The summed E-state index contributed by atoms with van der Waals surface area (Å²) < 4.78 is 4.92. The molecule has 2 unspecified atom stereocenters. The van der Waals surface area contributed by atoms with E-state index in [1.807, 2.05) is 24.4 Å². The Kier molecular flexibility index (Phi) is 4.74. The maximum atomic E-state index is 11.6. The fourth-order valence-corrected chi connectivity index (χ4v) is 1.95. The minimum Gasteiger partial charge on any atom is -0.383 e. The number of carbonyl (C=O) groups excluding carboxylic acids is 1. The number of nitrogens with two attached hydrogens (primary N) is 1. The highest BCUT2D eigenvalue weighted by atomic mass is 32.1. The van der Waals surface area contributed by atoms with Crippen LogP contribution in [0.1, 0.15) is 17.8 Å². The molecule has 0 radical (unpaired) electrons. The summed E-state index contributed by atoms with van der Waals surface area (Å²) in [5, 5.41) is 4.69. The predicted molar refractivity (Wildman–Crippen MR) is 60.7 cm³/mol. The van der Waals surface area contributed by atoms with Gasteiger partial charge in [0.25, 0.3) is 0 Å². The molecule has 0 aliphatic heterocycles. The molecule has 1 aromatic heterocycles. The van der Waals surface area contributed by atoms with Crippen molar-refractivity contribution < 1.29 is 9.53 Å². The third-order valence-electron chi connectivity index (χ3n) is 1.94. The van der Waals surface area contributed by atoms with Crippen molar-refractivity contribution in [3.8, 4) is 0 Å². The van der Waals surface area contributed by atoms with E-state index >= 15 is 0 Å². The Morgan fingerprint density at radius 2 is 2.47 bits per heavy atom. The van der Waals surface area contributed by atoms with E-state index in [1.54, 1.807) is 7.11 Å². The van der Waals surface area contributed by atoms with Gasteiger partial charge >= 0.3 is 0 Å². The van der Waals surface area contributed by atoms with Gasteiger partial charge in [-0.05, 0) is 18.4 Å². The van der Waals surface area contributed by atoms with Gasteiger partial charge in [-0.3, -0.25) is 4.79 Å². The second-order valence-corrected chi connectivity index (χ2v) is 4.34. The van der Waals surface area contributed by atoms with Crippen molar-refractivity contribution in [1.29, 1.82) is 0 Å². The van der Waals surface area contributed by atoms with E-state index in [0.29, 0.717) is 6.61 Å². The Morgan fingerprint density at radius 1 is 1.73 bits per heavy atom. The lowest BCUT2D eigenvalue weighted by Crippen LogP contribution is -2.41. The zero-order valence-corrected chi connectivity index (χ0v) is 9.71. The molecular formula is C10H16N2O2S. The van der Waals surface area contributed by atoms with Crippen LogP contribution < -0.4 is 11.1 Å². The highest BCUT2D eigenvalue weighted by molar-refractivity contribution is 7.10. The first-order valence-electron chi connectivity index (χ1n) is 4.73. The lowest BCUT2D eigenvalue weighted by molar-refractivity contribution is -0.123. The van der Waals surface area contributed by atoms with Gasteiger partial charge in [-0.25, -0.2) is 0 Å². The molecule has 3 N–H and O–H groups in total. The van der Waals surface area contributed by atoms with E-state index in [-0.39, 0.29) is 11.9 Å². The minimum atomic E-state index is -0.579. The van der Waals surface area contributed by atoms with E-state index in [0.717, 1.165) is 4.88 Å². The van der Waals surface area contributed by atoms with Crippen LogP contribution in [-0.2, 0) is 9.53 Å². The van der Waals surface area contributed by atoms with Crippen LogP contribution in [0.4, 0.5) is 0 Å². The van der Waals surface area contributed by atoms with E-state index in [2.05, 4.69) is 5.32 Å². The summed E-state index contributed by atoms with van der Waals surface area (Å²) in [5.74, 6) is -0.165. The van der Waals surface area contributed by atoms with Gasteiger partial charge in [-0.15, -0.1) is 11.3 Å². The second kappa shape index (κ2) is 5.85. The Hall–Kier alpha value is -0.910. The van der Waals surface area contributed by atoms with Crippen molar-refractivity contribution in [2.24, 2.45) is 5.73 Å². The summed E-state index contributed by atoms with van der Waals surface area (Å²) in [6, 6.07) is 3.14. The third-order valence-corrected chi connectivity index (χ3v) is 2.89. The molecule has 4 nitrogen and oxygen atoms in total. The van der Waals surface area contributed by atoms with Gasteiger partial charge in [0.05, 0.1) is 6.61 Å². The molecule has 0 saturated heterocycles. The zero-order chi connectivity index (χ0) is 11.3. The summed E-state index contributed by atoms with van der Waals surface area (Å²) in [7, 11) is 1.60. The van der Waals surface area contributed by atoms with E-state index in [4.69, 9.17) is 10.5 Å². The summed E-state index contributed by atoms with van der Waals surface area (Å²) in [5.41, 5.74) is 5.78. The molecule has 1 heterocycles. The maximum Gasteiger partial charge on any atom is 0.242 e. The van der Waals surface area contributed by atoms with Crippen LogP contribution in [-0.4, -0.2) is 25.7 Å². The van der Waals surface area contributed by atoms with Crippen LogP contribution >= 0.6 is 11.3 Å². The molecule has 84 valence electrons. The van der Waals surface area contributed by atoms with Crippen LogP contribution in [0, 0.1) is 0 Å². The van der Waals surface area contributed by atoms with Gasteiger partial charge in [-0.2, -0.15) is 0 Å². The molecule has 0 spiro atoms. The average molecular weight is 228 g/mol. The summed E-state index contributed by atoms with van der Waals surface area (Å²) >= 11 is 1.48. The van der Waals surface area contributed by atoms with Crippen molar-refractivity contribution in [3.05, 3.63) is 22.4 Å². The van der Waals surface area contributed by atoms with E-state index in [1.165, 1.54) is 11.3 Å². The molecule has 0 aliphatic carbocycles. The van der Waals surface area contributed by atoms with Gasteiger partial charge in [0.15, 0.2) is 0 Å². The lowest BCUT2D eigenvalue weighted by Gasteiger charge is -2.15. The highest BCUT2D eigenvalue weighted by Crippen LogP contribution is 2.16. The standard InChI is InChI=1S/C10H16N2O2S/c1-7(6-14-2)12-10(13)9(11)8-4-3-5-15-8/h3-5,7,9H,6,11H2,1-2H3,(H,12,13). The van der Waals surface area contributed by atoms with Gasteiger partial charge in [0.2, 0.25) is 5.91 Å². The number of nitrogens with one attached hydrogen (secondary N) is 1. The molecular weight excluding hydrogens is 212 g/mol. The molecule has 5 heteroatoms. The number of hydrogen-bond donors (Lipinski definition) is 2. The predicted octanol–water partition coefficient (Wildman–Crippen LogP) is 0.899. The summed E-state index contributed by atoms with van der Waals surface area (Å²) in [6.45, 7) is 2.37. The number of hydrogen-bond acceptors (Lipinski definition) is 4. The molecule has 0 saturated carbocycles. The molecule has 15 heavy (non-hydrogen) atoms. The molecule has 2 atom stereocenters. The molecule has 0 aromatic carbocycles. The van der Waals surface area contributed by atoms with Crippen LogP contribution in [0.25, 0.3) is 0 Å². The lowest BCUT2D eigenvalue weighted by atomic mass is 10.2. The molecule has 1 aromatic rings. The number of carbonyl (C=O) groups is 1. The highest BCUT2D eigenvalue weighted by Gasteiger charge is 2.18. The van der Waals surface area contributed by atoms with Crippen LogP contribution in [0.2, 0.25) is 0 Å². The molecule has 1 amide bonds. The van der Waals surface area contributed by atoms with E-state index < -0.39 is 6.04 Å². The Morgan fingerprint density at radius 3 is 3.00 bits per heavy atom. The summed E-state index contributed by atoms with van der Waals surface area (Å²) in [4.78, 5) is 12.5. The van der Waals surface area contributed by atoms with Gasteiger partial charge in [-0.1, -0.05) is 6.07 Å². The number of amides is 1. The second-order valence-electron chi connectivity index (χ2n) is 3.36. The quantitative estimate of drug-likeness (QED) is 0.787. The molecule has 0 fully saturated rings. The maximum absolute atomic E-state index is 11.6. The molecule has 0 aliphatic rings. The molecule has 1 rings (SSSR count). The topological polar surface area (TPSA) is 64.3 Å². The van der Waals surface area contributed by atoms with Crippen molar-refractivity contribution in [3.63, 3.8) is 0 Å². The first-order chi connectivity index (χ1) is 7.15. The third kappa shape index (κ3) is 3.62. The monoisotopic (exact) mass is 228 g/mol. The van der Waals surface area contributed by atoms with Crippen molar-refractivity contribution >= 4 is 17.2 Å². The van der Waals surface area contributed by atoms with Crippen molar-refractivity contribution in [2.75, 3.05) is 13.7 Å². The number of thiophene rings is 1.